The highest BCUT2D eigenvalue weighted by atomic mass is 16.6. The van der Waals surface area contributed by atoms with Crippen LogP contribution in [0.4, 0.5) is 11.4 Å². The maximum atomic E-state index is 12.5. The van der Waals surface area contributed by atoms with Gasteiger partial charge in [-0.15, -0.1) is 0 Å². The molecule has 0 heterocycles. The van der Waals surface area contributed by atoms with E-state index >= 15 is 0 Å². The zero-order chi connectivity index (χ0) is 14.8. The molecule has 0 aromatic heterocycles. The fraction of sp³-hybridized carbons (Fsp3) is 0.188. The quantitative estimate of drug-likeness (QED) is 0.518. The van der Waals surface area contributed by atoms with Gasteiger partial charge in [0.1, 0.15) is 11.3 Å². The van der Waals surface area contributed by atoms with Crippen molar-refractivity contribution in [2.45, 2.75) is 18.9 Å². The van der Waals surface area contributed by atoms with Crippen LogP contribution in [0.15, 0.2) is 48.5 Å². The number of benzene rings is 2. The molecule has 1 aliphatic carbocycles. The third-order valence-corrected chi connectivity index (χ3v) is 3.44. The van der Waals surface area contributed by atoms with Gasteiger partial charge in [0.25, 0.3) is 0 Å². The number of hydrogen-bond acceptors (Lipinski definition) is 4. The minimum atomic E-state index is -0.485. The van der Waals surface area contributed by atoms with Gasteiger partial charge >= 0.3 is 5.69 Å². The molecule has 0 amide bonds. The van der Waals surface area contributed by atoms with Crippen LogP contribution in [0.2, 0.25) is 0 Å². The van der Waals surface area contributed by atoms with E-state index in [0.29, 0.717) is 11.3 Å². The summed E-state index contributed by atoms with van der Waals surface area (Å²) in [6.45, 7) is 0. The maximum absolute atomic E-state index is 12.5. The van der Waals surface area contributed by atoms with E-state index in [4.69, 9.17) is 0 Å². The molecule has 0 aliphatic heterocycles. The highest BCUT2D eigenvalue weighted by Gasteiger charge is 2.29. The smallest absolute Gasteiger partial charge is 0.303 e. The number of hydrogen-bond donors (Lipinski definition) is 1. The summed E-state index contributed by atoms with van der Waals surface area (Å²) in [5.41, 5.74) is 0.851. The largest absolute Gasteiger partial charge is 0.377 e. The lowest BCUT2D eigenvalue weighted by Crippen LogP contribution is -2.10. The summed E-state index contributed by atoms with van der Waals surface area (Å²) >= 11 is 0. The Morgan fingerprint density at radius 1 is 1.10 bits per heavy atom. The van der Waals surface area contributed by atoms with Crippen molar-refractivity contribution >= 4 is 17.2 Å². The molecule has 1 aliphatic rings. The van der Waals surface area contributed by atoms with Crippen LogP contribution in [-0.2, 0) is 0 Å². The normalized spacial score (nSPS) is 13.7. The van der Waals surface area contributed by atoms with Crippen LogP contribution in [0.3, 0.4) is 0 Å². The van der Waals surface area contributed by atoms with Gasteiger partial charge in [0.2, 0.25) is 0 Å². The second-order valence-corrected chi connectivity index (χ2v) is 5.07. The zero-order valence-electron chi connectivity index (χ0n) is 11.3. The lowest BCUT2D eigenvalue weighted by molar-refractivity contribution is -0.384. The summed E-state index contributed by atoms with van der Waals surface area (Å²) in [6, 6.07) is 13.7. The number of rotatable bonds is 5. The van der Waals surface area contributed by atoms with E-state index in [1.54, 1.807) is 42.5 Å². The lowest BCUT2D eigenvalue weighted by Gasteiger charge is -2.09. The van der Waals surface area contributed by atoms with Crippen LogP contribution < -0.4 is 5.32 Å². The number of para-hydroxylation sites is 1. The van der Waals surface area contributed by atoms with Gasteiger partial charge in [0.05, 0.1) is 4.92 Å². The van der Waals surface area contributed by atoms with Gasteiger partial charge < -0.3 is 5.32 Å². The first kappa shape index (κ1) is 13.3. The highest BCUT2D eigenvalue weighted by molar-refractivity contribution is 6.12. The molecule has 0 atom stereocenters. The monoisotopic (exact) mass is 282 g/mol. The summed E-state index contributed by atoms with van der Waals surface area (Å²) in [5.74, 6) is -0.332. The van der Waals surface area contributed by atoms with Crippen LogP contribution in [0.5, 0.6) is 0 Å². The Balaban J connectivity index is 2.04. The third kappa shape index (κ3) is 2.76. The van der Waals surface area contributed by atoms with E-state index in [1.165, 1.54) is 6.07 Å². The highest BCUT2D eigenvalue weighted by Crippen LogP contribution is 2.34. The van der Waals surface area contributed by atoms with Gasteiger partial charge in [-0.3, -0.25) is 14.9 Å². The molecule has 106 valence electrons. The lowest BCUT2D eigenvalue weighted by atomic mass is 10.0. The standard InChI is InChI=1S/C16H14N2O3/c19-16(11-5-2-1-3-6-11)13-7-4-8-14(15(13)18(20)21)17-12-9-10-12/h1-8,12,17H,9-10H2. The van der Waals surface area contributed by atoms with E-state index in [9.17, 15) is 14.9 Å². The van der Waals surface area contributed by atoms with Crippen molar-refractivity contribution < 1.29 is 9.72 Å². The van der Waals surface area contributed by atoms with Crippen molar-refractivity contribution in [2.24, 2.45) is 0 Å². The van der Waals surface area contributed by atoms with E-state index in [0.717, 1.165) is 12.8 Å². The Labute approximate surface area is 121 Å². The number of nitro groups is 1. The van der Waals surface area contributed by atoms with E-state index < -0.39 is 4.92 Å². The number of nitro benzene ring substituents is 1. The van der Waals surface area contributed by atoms with Crippen LogP contribution in [0.25, 0.3) is 0 Å². The van der Waals surface area contributed by atoms with E-state index in [1.807, 2.05) is 0 Å². The van der Waals surface area contributed by atoms with Gasteiger partial charge in [0.15, 0.2) is 5.78 Å². The predicted octanol–water partition coefficient (Wildman–Crippen LogP) is 3.40. The molecule has 0 bridgehead atoms. The summed E-state index contributed by atoms with van der Waals surface area (Å²) < 4.78 is 0. The Morgan fingerprint density at radius 3 is 2.43 bits per heavy atom. The molecule has 5 heteroatoms. The summed E-state index contributed by atoms with van der Waals surface area (Å²) in [7, 11) is 0. The molecule has 1 fully saturated rings. The van der Waals surface area contributed by atoms with E-state index in [2.05, 4.69) is 5.32 Å². The summed E-state index contributed by atoms with van der Waals surface area (Å²) in [4.78, 5) is 23.4. The second-order valence-electron chi connectivity index (χ2n) is 5.07. The fourth-order valence-electron chi connectivity index (χ4n) is 2.23. The number of carbonyl (C=O) groups excluding carboxylic acids is 1. The topological polar surface area (TPSA) is 72.2 Å². The number of ketones is 1. The average Bonchev–Trinajstić information content (AvgIpc) is 3.31. The van der Waals surface area contributed by atoms with Crippen LogP contribution in [0.1, 0.15) is 28.8 Å². The maximum Gasteiger partial charge on any atom is 0.303 e. The number of nitrogens with one attached hydrogen (secondary N) is 1. The Hall–Kier alpha value is -2.69. The predicted molar refractivity (Wildman–Crippen MR) is 79.6 cm³/mol. The van der Waals surface area contributed by atoms with Gasteiger partial charge in [-0.05, 0) is 25.0 Å². The first-order valence-electron chi connectivity index (χ1n) is 6.80. The zero-order valence-corrected chi connectivity index (χ0v) is 11.3. The Morgan fingerprint density at radius 2 is 1.81 bits per heavy atom. The molecule has 0 unspecified atom stereocenters. The molecule has 2 aromatic carbocycles. The molecule has 5 nitrogen and oxygen atoms in total. The Kier molecular flexibility index (Phi) is 3.39. The first-order chi connectivity index (χ1) is 10.2. The van der Waals surface area contributed by atoms with Crippen LogP contribution >= 0.6 is 0 Å². The third-order valence-electron chi connectivity index (χ3n) is 3.44. The van der Waals surface area contributed by atoms with Crippen molar-refractivity contribution in [3.05, 3.63) is 69.8 Å². The molecule has 1 saturated carbocycles. The van der Waals surface area contributed by atoms with E-state index in [-0.39, 0.29) is 23.1 Å². The van der Waals surface area contributed by atoms with Gasteiger partial charge in [-0.1, -0.05) is 36.4 Å². The molecule has 2 aromatic rings. The average molecular weight is 282 g/mol. The molecule has 0 spiro atoms. The number of carbonyl (C=O) groups is 1. The fourth-order valence-corrected chi connectivity index (χ4v) is 2.23. The van der Waals surface area contributed by atoms with Crippen LogP contribution in [-0.4, -0.2) is 16.7 Å². The van der Waals surface area contributed by atoms with Crippen molar-refractivity contribution in [1.82, 2.24) is 0 Å². The Bertz CT molecular complexity index is 694. The number of anilines is 1. The summed E-state index contributed by atoms with van der Waals surface area (Å²) in [6.07, 6.45) is 2.02. The molecular formula is C16H14N2O3. The molecule has 21 heavy (non-hydrogen) atoms. The molecule has 1 N–H and O–H groups in total. The molecular weight excluding hydrogens is 268 g/mol. The van der Waals surface area contributed by atoms with Crippen molar-refractivity contribution in [3.63, 3.8) is 0 Å². The number of nitrogens with zero attached hydrogens (tertiary/aromatic N) is 1. The minimum Gasteiger partial charge on any atom is -0.377 e. The van der Waals surface area contributed by atoms with Crippen molar-refractivity contribution in [2.75, 3.05) is 5.32 Å². The van der Waals surface area contributed by atoms with Crippen molar-refractivity contribution in [1.29, 1.82) is 0 Å². The van der Waals surface area contributed by atoms with Crippen molar-refractivity contribution in [3.8, 4) is 0 Å². The molecule has 0 radical (unpaired) electrons. The SMILES string of the molecule is O=C(c1ccccc1)c1cccc(NC2CC2)c1[N+](=O)[O-]. The first-order valence-corrected chi connectivity index (χ1v) is 6.80. The minimum absolute atomic E-state index is 0.122. The van der Waals surface area contributed by atoms with Gasteiger partial charge in [-0.2, -0.15) is 0 Å². The molecule has 0 saturated heterocycles. The molecule has 3 rings (SSSR count). The van der Waals surface area contributed by atoms with Gasteiger partial charge in [-0.25, -0.2) is 0 Å². The summed E-state index contributed by atoms with van der Waals surface area (Å²) in [5, 5.41) is 14.5. The van der Waals surface area contributed by atoms with Gasteiger partial charge in [0, 0.05) is 11.6 Å². The second kappa shape index (κ2) is 5.36. The van der Waals surface area contributed by atoms with Crippen LogP contribution in [0, 0.1) is 10.1 Å².